The normalized spacial score (nSPS) is 25.3. The Hall–Kier alpha value is -1.27. The van der Waals surface area contributed by atoms with Gasteiger partial charge in [0.1, 0.15) is 11.2 Å². The van der Waals surface area contributed by atoms with Gasteiger partial charge in [-0.3, -0.25) is 0 Å². The molecule has 84 valence electrons. The largest absolute Gasteiger partial charge is 0.391 e. The predicted molar refractivity (Wildman–Crippen MR) is 61.6 cm³/mol. The summed E-state index contributed by atoms with van der Waals surface area (Å²) in [6.07, 6.45) is 5.91. The molecule has 0 aromatic carbocycles. The molecule has 1 fully saturated rings. The van der Waals surface area contributed by atoms with E-state index in [9.17, 15) is 5.11 Å². The number of nitrogens with zero attached hydrogens (tertiary/aromatic N) is 3. The summed E-state index contributed by atoms with van der Waals surface area (Å²) in [5, 5.41) is 9.89. The van der Waals surface area contributed by atoms with Crippen molar-refractivity contribution in [3.05, 3.63) is 17.3 Å². The monoisotopic (exact) mass is 236 g/mol. The van der Waals surface area contributed by atoms with Crippen LogP contribution in [0.3, 0.4) is 0 Å². The van der Waals surface area contributed by atoms with Crippen LogP contribution in [0.4, 0.5) is 0 Å². The molecule has 2 aromatic rings. The second-order valence-corrected chi connectivity index (χ2v) is 4.51. The molecular formula is C10H12N4OS. The van der Waals surface area contributed by atoms with Crippen molar-refractivity contribution in [3.63, 3.8) is 0 Å². The molecule has 1 aliphatic carbocycles. The number of hydrogen-bond acceptors (Lipinski definition) is 4. The van der Waals surface area contributed by atoms with Gasteiger partial charge in [0.2, 0.25) is 0 Å². The first-order valence-electron chi connectivity index (χ1n) is 5.35. The number of hydrogen-bond donors (Lipinski definition) is 2. The van der Waals surface area contributed by atoms with Gasteiger partial charge < -0.3 is 14.7 Å². The zero-order valence-electron chi connectivity index (χ0n) is 8.63. The Kier molecular flexibility index (Phi) is 2.26. The van der Waals surface area contributed by atoms with E-state index in [1.165, 1.54) is 0 Å². The first-order valence-corrected chi connectivity index (χ1v) is 5.76. The molecule has 2 N–H and O–H groups in total. The van der Waals surface area contributed by atoms with Crippen LogP contribution in [-0.4, -0.2) is 30.7 Å². The van der Waals surface area contributed by atoms with Gasteiger partial charge in [-0.1, -0.05) is 12.2 Å². The smallest absolute Gasteiger partial charge is 0.157 e. The van der Waals surface area contributed by atoms with E-state index in [0.29, 0.717) is 10.2 Å². The molecule has 16 heavy (non-hydrogen) atoms. The maximum Gasteiger partial charge on any atom is 0.157 e. The number of imidazole rings is 1. The molecule has 0 saturated heterocycles. The van der Waals surface area contributed by atoms with E-state index in [2.05, 4.69) is 15.0 Å². The van der Waals surface area contributed by atoms with Gasteiger partial charge in [0, 0.05) is 0 Å². The number of aliphatic hydroxyl groups excluding tert-OH is 1. The molecular weight excluding hydrogens is 224 g/mol. The highest BCUT2D eigenvalue weighted by Crippen LogP contribution is 2.31. The third-order valence-corrected chi connectivity index (χ3v) is 3.48. The molecule has 2 aromatic heterocycles. The number of aromatic amines is 1. The van der Waals surface area contributed by atoms with E-state index >= 15 is 0 Å². The second kappa shape index (κ2) is 3.64. The van der Waals surface area contributed by atoms with Crippen molar-refractivity contribution in [2.45, 2.75) is 31.4 Å². The van der Waals surface area contributed by atoms with E-state index in [1.807, 2.05) is 4.57 Å². The van der Waals surface area contributed by atoms with Gasteiger partial charge in [0.05, 0.1) is 24.8 Å². The molecule has 0 radical (unpaired) electrons. The number of aliphatic hydroxyl groups is 1. The van der Waals surface area contributed by atoms with Gasteiger partial charge in [-0.05, 0) is 19.3 Å². The molecule has 2 atom stereocenters. The fourth-order valence-corrected chi connectivity index (χ4v) is 2.57. The summed E-state index contributed by atoms with van der Waals surface area (Å²) in [5.74, 6) is 0. The average Bonchev–Trinajstić information content (AvgIpc) is 2.84. The third-order valence-electron chi connectivity index (χ3n) is 3.18. The van der Waals surface area contributed by atoms with E-state index in [-0.39, 0.29) is 12.1 Å². The van der Waals surface area contributed by atoms with E-state index in [4.69, 9.17) is 12.2 Å². The number of rotatable bonds is 1. The summed E-state index contributed by atoms with van der Waals surface area (Å²) in [5.41, 5.74) is 1.56. The molecule has 0 unspecified atom stereocenters. The number of aromatic nitrogens is 4. The van der Waals surface area contributed by atoms with Crippen molar-refractivity contribution >= 4 is 23.4 Å². The Labute approximate surface area is 97.2 Å². The highest BCUT2D eigenvalue weighted by Gasteiger charge is 2.28. The van der Waals surface area contributed by atoms with Crippen LogP contribution in [0.2, 0.25) is 0 Å². The SMILES string of the molecule is O[C@@H]1CCC[C@H]1n1cnc2c(=S)nc[nH]c21. The highest BCUT2D eigenvalue weighted by atomic mass is 32.1. The first kappa shape index (κ1) is 9.92. The van der Waals surface area contributed by atoms with Crippen LogP contribution >= 0.6 is 12.2 Å². The minimum absolute atomic E-state index is 0.109. The molecule has 0 bridgehead atoms. The quantitative estimate of drug-likeness (QED) is 0.738. The lowest BCUT2D eigenvalue weighted by Crippen LogP contribution is -2.17. The van der Waals surface area contributed by atoms with Crippen molar-refractivity contribution in [3.8, 4) is 0 Å². The summed E-state index contributed by atoms with van der Waals surface area (Å²) in [7, 11) is 0. The van der Waals surface area contributed by atoms with Crippen molar-refractivity contribution < 1.29 is 5.11 Å². The van der Waals surface area contributed by atoms with Gasteiger partial charge in [0.25, 0.3) is 0 Å². The Morgan fingerprint density at radius 3 is 3.06 bits per heavy atom. The number of nitrogens with one attached hydrogen (secondary N) is 1. The van der Waals surface area contributed by atoms with Crippen LogP contribution in [-0.2, 0) is 0 Å². The van der Waals surface area contributed by atoms with Crippen LogP contribution in [0.15, 0.2) is 12.7 Å². The lowest BCUT2D eigenvalue weighted by molar-refractivity contribution is 0.138. The lowest BCUT2D eigenvalue weighted by Gasteiger charge is -2.16. The van der Waals surface area contributed by atoms with E-state index in [1.54, 1.807) is 12.7 Å². The van der Waals surface area contributed by atoms with Crippen LogP contribution in [0.25, 0.3) is 11.2 Å². The maximum atomic E-state index is 9.89. The fourth-order valence-electron chi connectivity index (χ4n) is 2.37. The summed E-state index contributed by atoms with van der Waals surface area (Å²) >= 11 is 5.10. The molecule has 1 aliphatic rings. The van der Waals surface area contributed by atoms with Gasteiger partial charge in [-0.2, -0.15) is 0 Å². The van der Waals surface area contributed by atoms with Gasteiger partial charge in [0.15, 0.2) is 4.64 Å². The van der Waals surface area contributed by atoms with Gasteiger partial charge in [-0.25, -0.2) is 9.97 Å². The Morgan fingerprint density at radius 1 is 1.44 bits per heavy atom. The van der Waals surface area contributed by atoms with Crippen molar-refractivity contribution in [1.82, 2.24) is 19.5 Å². The minimum Gasteiger partial charge on any atom is -0.391 e. The Bertz CT molecular complexity index is 575. The minimum atomic E-state index is -0.285. The second-order valence-electron chi connectivity index (χ2n) is 4.12. The molecule has 0 aliphatic heterocycles. The maximum absolute atomic E-state index is 9.89. The first-order chi connectivity index (χ1) is 7.77. The standard InChI is InChI=1S/C10H12N4OS/c15-7-3-1-2-6(7)14-5-13-8-9(14)11-4-12-10(8)16/h4-7,15H,1-3H2,(H,11,12,16)/t6-,7-/m1/s1. The number of fused-ring (bicyclic) bond motifs is 1. The third kappa shape index (κ3) is 1.37. The average molecular weight is 236 g/mol. The molecule has 0 amide bonds. The zero-order chi connectivity index (χ0) is 11.1. The summed E-state index contributed by atoms with van der Waals surface area (Å²) in [6.45, 7) is 0. The van der Waals surface area contributed by atoms with Crippen molar-refractivity contribution in [2.75, 3.05) is 0 Å². The fraction of sp³-hybridized carbons (Fsp3) is 0.500. The summed E-state index contributed by atoms with van der Waals surface area (Å²) in [4.78, 5) is 11.3. The zero-order valence-corrected chi connectivity index (χ0v) is 9.44. The van der Waals surface area contributed by atoms with Crippen LogP contribution in [0.5, 0.6) is 0 Å². The molecule has 6 heteroatoms. The van der Waals surface area contributed by atoms with Crippen LogP contribution in [0.1, 0.15) is 25.3 Å². The number of H-pyrrole nitrogens is 1. The van der Waals surface area contributed by atoms with E-state index in [0.717, 1.165) is 24.9 Å². The Morgan fingerprint density at radius 2 is 2.31 bits per heavy atom. The summed E-state index contributed by atoms with van der Waals surface area (Å²) in [6, 6.07) is 0.109. The van der Waals surface area contributed by atoms with Gasteiger partial charge in [-0.15, -0.1) is 0 Å². The van der Waals surface area contributed by atoms with Crippen molar-refractivity contribution in [1.29, 1.82) is 0 Å². The summed E-state index contributed by atoms with van der Waals surface area (Å²) < 4.78 is 2.48. The predicted octanol–water partition coefficient (Wildman–Crippen LogP) is 1.57. The van der Waals surface area contributed by atoms with E-state index < -0.39 is 0 Å². The molecule has 1 saturated carbocycles. The highest BCUT2D eigenvalue weighted by molar-refractivity contribution is 7.71. The molecule has 5 nitrogen and oxygen atoms in total. The van der Waals surface area contributed by atoms with Crippen molar-refractivity contribution in [2.24, 2.45) is 0 Å². The topological polar surface area (TPSA) is 66.7 Å². The van der Waals surface area contributed by atoms with Gasteiger partial charge >= 0.3 is 0 Å². The van der Waals surface area contributed by atoms with Crippen LogP contribution in [0, 0.1) is 4.64 Å². The molecule has 3 rings (SSSR count). The van der Waals surface area contributed by atoms with Crippen LogP contribution < -0.4 is 0 Å². The Balaban J connectivity index is 2.18. The molecule has 2 heterocycles. The lowest BCUT2D eigenvalue weighted by atomic mass is 10.2. The molecule has 0 spiro atoms.